The van der Waals surface area contributed by atoms with Crippen LogP contribution in [0.4, 0.5) is 0 Å². The Morgan fingerprint density at radius 1 is 1.39 bits per heavy atom. The molecule has 1 heterocycles. The fourth-order valence-corrected chi connectivity index (χ4v) is 4.47. The van der Waals surface area contributed by atoms with Crippen LogP contribution < -0.4 is 5.73 Å². The van der Waals surface area contributed by atoms with E-state index in [0.29, 0.717) is 13.0 Å². The van der Waals surface area contributed by atoms with E-state index in [-0.39, 0.29) is 48.3 Å². The first-order valence-corrected chi connectivity index (χ1v) is 9.16. The lowest BCUT2D eigenvalue weighted by Crippen LogP contribution is -2.42. The van der Waals surface area contributed by atoms with Gasteiger partial charge in [-0.25, -0.2) is 8.42 Å². The summed E-state index contributed by atoms with van der Waals surface area (Å²) in [5.74, 6) is 0.0505. The van der Waals surface area contributed by atoms with Gasteiger partial charge in [-0.05, 0) is 12.0 Å². The number of halogens is 1. The van der Waals surface area contributed by atoms with Gasteiger partial charge in [0, 0.05) is 25.0 Å². The summed E-state index contributed by atoms with van der Waals surface area (Å²) < 4.78 is 23.3. The van der Waals surface area contributed by atoms with E-state index in [1.807, 2.05) is 30.3 Å². The standard InChI is InChI=1S/C16H22N2O3S.ClH/c1-2-9-18(14-8-10-22(20,21)12-14)16(19)11-15(17)13-6-4-3-5-7-13;/h2-7,14-15H,1,8-12,17H2;1H. The predicted octanol–water partition coefficient (Wildman–Crippen LogP) is 1.70. The molecule has 0 aromatic heterocycles. The molecule has 1 aromatic carbocycles. The van der Waals surface area contributed by atoms with Crippen LogP contribution in [0.2, 0.25) is 0 Å². The fourth-order valence-electron chi connectivity index (χ4n) is 2.74. The van der Waals surface area contributed by atoms with Gasteiger partial charge in [0.1, 0.15) is 0 Å². The molecule has 0 spiro atoms. The molecule has 2 atom stereocenters. The van der Waals surface area contributed by atoms with Gasteiger partial charge in [-0.15, -0.1) is 19.0 Å². The fraction of sp³-hybridized carbons (Fsp3) is 0.438. The number of nitrogens with zero attached hydrogens (tertiary/aromatic N) is 1. The average Bonchev–Trinajstić information content (AvgIpc) is 2.85. The zero-order chi connectivity index (χ0) is 16.2. The summed E-state index contributed by atoms with van der Waals surface area (Å²) in [5.41, 5.74) is 6.99. The highest BCUT2D eigenvalue weighted by Gasteiger charge is 2.34. The third-order valence-electron chi connectivity index (χ3n) is 3.92. The summed E-state index contributed by atoms with van der Waals surface area (Å²) in [6, 6.07) is 8.77. The lowest BCUT2D eigenvalue weighted by molar-refractivity contribution is -0.132. The molecule has 2 N–H and O–H groups in total. The molecule has 1 aliphatic rings. The van der Waals surface area contributed by atoms with Crippen LogP contribution in [0.5, 0.6) is 0 Å². The van der Waals surface area contributed by atoms with Crippen molar-refractivity contribution in [3.63, 3.8) is 0 Å². The first-order chi connectivity index (χ1) is 10.4. The second-order valence-corrected chi connectivity index (χ2v) is 7.84. The van der Waals surface area contributed by atoms with E-state index < -0.39 is 9.84 Å². The van der Waals surface area contributed by atoms with E-state index in [2.05, 4.69) is 6.58 Å². The van der Waals surface area contributed by atoms with Crippen molar-refractivity contribution in [2.24, 2.45) is 5.73 Å². The number of hydrogen-bond donors (Lipinski definition) is 1. The van der Waals surface area contributed by atoms with E-state index >= 15 is 0 Å². The number of rotatable bonds is 6. The molecule has 1 saturated heterocycles. The van der Waals surface area contributed by atoms with Crippen molar-refractivity contribution in [2.75, 3.05) is 18.1 Å². The van der Waals surface area contributed by atoms with Gasteiger partial charge < -0.3 is 10.6 Å². The monoisotopic (exact) mass is 358 g/mol. The molecule has 0 aliphatic carbocycles. The molecule has 23 heavy (non-hydrogen) atoms. The zero-order valence-electron chi connectivity index (χ0n) is 12.9. The number of carbonyl (C=O) groups is 1. The van der Waals surface area contributed by atoms with Crippen molar-refractivity contribution in [1.82, 2.24) is 4.90 Å². The summed E-state index contributed by atoms with van der Waals surface area (Å²) in [5, 5.41) is 0. The molecule has 1 fully saturated rings. The van der Waals surface area contributed by atoms with Crippen LogP contribution in [0.1, 0.15) is 24.4 Å². The number of sulfone groups is 1. The maximum absolute atomic E-state index is 12.5. The Labute approximate surface area is 143 Å². The number of amides is 1. The van der Waals surface area contributed by atoms with Crippen LogP contribution in [0.25, 0.3) is 0 Å². The summed E-state index contributed by atoms with van der Waals surface area (Å²) in [4.78, 5) is 14.1. The molecular formula is C16H23ClN2O3S. The topological polar surface area (TPSA) is 80.5 Å². The van der Waals surface area contributed by atoms with Crippen LogP contribution in [0.3, 0.4) is 0 Å². The lowest BCUT2D eigenvalue weighted by Gasteiger charge is -2.28. The summed E-state index contributed by atoms with van der Waals surface area (Å²) in [7, 11) is -3.03. The largest absolute Gasteiger partial charge is 0.335 e. The smallest absolute Gasteiger partial charge is 0.225 e. The van der Waals surface area contributed by atoms with Crippen molar-refractivity contribution in [3.8, 4) is 0 Å². The van der Waals surface area contributed by atoms with E-state index in [0.717, 1.165) is 5.56 Å². The highest BCUT2D eigenvalue weighted by Crippen LogP contribution is 2.21. The predicted molar refractivity (Wildman–Crippen MR) is 94.2 cm³/mol. The minimum absolute atomic E-state index is 0. The maximum Gasteiger partial charge on any atom is 0.225 e. The Bertz CT molecular complexity index is 634. The summed E-state index contributed by atoms with van der Waals surface area (Å²) in [6.07, 6.45) is 2.27. The van der Waals surface area contributed by atoms with Gasteiger partial charge >= 0.3 is 0 Å². The molecule has 128 valence electrons. The van der Waals surface area contributed by atoms with E-state index in [4.69, 9.17) is 5.73 Å². The highest BCUT2D eigenvalue weighted by atomic mass is 35.5. The van der Waals surface area contributed by atoms with Gasteiger partial charge in [-0.1, -0.05) is 36.4 Å². The lowest BCUT2D eigenvalue weighted by atomic mass is 10.0. The van der Waals surface area contributed by atoms with Gasteiger partial charge in [0.2, 0.25) is 5.91 Å². The van der Waals surface area contributed by atoms with E-state index in [1.54, 1.807) is 11.0 Å². The number of hydrogen-bond acceptors (Lipinski definition) is 4. The number of carbonyl (C=O) groups excluding carboxylic acids is 1. The molecule has 0 radical (unpaired) electrons. The van der Waals surface area contributed by atoms with Crippen LogP contribution in [-0.2, 0) is 14.6 Å². The maximum atomic E-state index is 12.5. The second kappa shape index (κ2) is 8.47. The molecule has 2 unspecified atom stereocenters. The van der Waals surface area contributed by atoms with Crippen LogP contribution in [0.15, 0.2) is 43.0 Å². The Hall–Kier alpha value is -1.37. The van der Waals surface area contributed by atoms with Gasteiger partial charge in [-0.2, -0.15) is 0 Å². The van der Waals surface area contributed by atoms with Crippen LogP contribution >= 0.6 is 12.4 Å². The quantitative estimate of drug-likeness (QED) is 0.785. The van der Waals surface area contributed by atoms with Crippen molar-refractivity contribution < 1.29 is 13.2 Å². The molecule has 1 aromatic rings. The Morgan fingerprint density at radius 2 is 2.04 bits per heavy atom. The second-order valence-electron chi connectivity index (χ2n) is 5.61. The van der Waals surface area contributed by atoms with Crippen molar-refractivity contribution in [3.05, 3.63) is 48.6 Å². The van der Waals surface area contributed by atoms with Gasteiger partial charge in [0.25, 0.3) is 0 Å². The Kier molecular flexibility index (Phi) is 7.25. The van der Waals surface area contributed by atoms with Gasteiger partial charge in [0.15, 0.2) is 9.84 Å². The third kappa shape index (κ3) is 5.34. The molecule has 1 amide bonds. The average molecular weight is 359 g/mol. The minimum Gasteiger partial charge on any atom is -0.335 e. The minimum atomic E-state index is -3.03. The van der Waals surface area contributed by atoms with Gasteiger partial charge in [-0.3, -0.25) is 4.79 Å². The molecule has 7 heteroatoms. The van der Waals surface area contributed by atoms with Crippen molar-refractivity contribution in [1.29, 1.82) is 0 Å². The number of benzene rings is 1. The Balaban J connectivity index is 0.00000264. The highest BCUT2D eigenvalue weighted by molar-refractivity contribution is 7.91. The molecular weight excluding hydrogens is 336 g/mol. The van der Waals surface area contributed by atoms with Gasteiger partial charge in [0.05, 0.1) is 11.5 Å². The molecule has 2 rings (SSSR count). The number of nitrogens with two attached hydrogens (primary N) is 1. The summed E-state index contributed by atoms with van der Waals surface area (Å²) >= 11 is 0. The molecule has 0 saturated carbocycles. The summed E-state index contributed by atoms with van der Waals surface area (Å²) in [6.45, 7) is 4.00. The van der Waals surface area contributed by atoms with Crippen LogP contribution in [-0.4, -0.2) is 43.3 Å². The van der Waals surface area contributed by atoms with E-state index in [9.17, 15) is 13.2 Å². The van der Waals surface area contributed by atoms with Crippen molar-refractivity contribution >= 4 is 28.2 Å². The first kappa shape index (κ1) is 19.7. The normalized spacial score (nSPS) is 20.3. The molecule has 5 nitrogen and oxygen atoms in total. The SMILES string of the molecule is C=CCN(C(=O)CC(N)c1ccccc1)C1CCS(=O)(=O)C1.Cl. The third-order valence-corrected chi connectivity index (χ3v) is 5.67. The van der Waals surface area contributed by atoms with Crippen LogP contribution in [0, 0.1) is 0 Å². The molecule has 0 bridgehead atoms. The molecule has 1 aliphatic heterocycles. The Morgan fingerprint density at radius 3 is 2.57 bits per heavy atom. The first-order valence-electron chi connectivity index (χ1n) is 7.34. The van der Waals surface area contributed by atoms with Crippen molar-refractivity contribution in [2.45, 2.75) is 24.9 Å². The zero-order valence-corrected chi connectivity index (χ0v) is 14.6. The van der Waals surface area contributed by atoms with E-state index in [1.165, 1.54) is 0 Å².